The van der Waals surface area contributed by atoms with Crippen LogP contribution < -0.4 is 0 Å². The van der Waals surface area contributed by atoms with E-state index >= 15 is 0 Å². The summed E-state index contributed by atoms with van der Waals surface area (Å²) in [6, 6.07) is 7.97. The highest BCUT2D eigenvalue weighted by Gasteiger charge is 2.26. The smallest absolute Gasteiger partial charge is 0.162 e. The van der Waals surface area contributed by atoms with Crippen LogP contribution in [-0.4, -0.2) is 10.1 Å². The van der Waals surface area contributed by atoms with E-state index < -0.39 is 17.7 Å². The summed E-state index contributed by atoms with van der Waals surface area (Å²) >= 11 is 0. The second-order valence-electron chi connectivity index (χ2n) is 5.19. The van der Waals surface area contributed by atoms with Crippen LogP contribution in [0.3, 0.4) is 0 Å². The van der Waals surface area contributed by atoms with Crippen LogP contribution in [0.25, 0.3) is 0 Å². The van der Waals surface area contributed by atoms with Crippen molar-refractivity contribution in [3.63, 3.8) is 0 Å². The molecule has 0 fully saturated rings. The average molecular weight is 275 g/mol. The lowest BCUT2D eigenvalue weighted by atomic mass is 9.90. The Morgan fingerprint density at radius 3 is 2.80 bits per heavy atom. The standard InChI is InChI=1S/C16H15F2NO/c17-13-5-1-4-12(15(13)18)10-6-7-14(20)16-11(9-10)3-2-8-19-16/h1-5,8,10,14,20H,6-7,9H2. The van der Waals surface area contributed by atoms with Crippen molar-refractivity contribution in [1.29, 1.82) is 0 Å². The minimum absolute atomic E-state index is 0.134. The number of nitrogens with zero attached hydrogens (tertiary/aromatic N) is 1. The molecule has 1 heterocycles. The molecule has 2 atom stereocenters. The Labute approximate surface area is 116 Å². The molecule has 0 saturated heterocycles. The zero-order chi connectivity index (χ0) is 14.1. The molecule has 2 unspecified atom stereocenters. The van der Waals surface area contributed by atoms with E-state index in [0.717, 1.165) is 11.6 Å². The summed E-state index contributed by atoms with van der Waals surface area (Å²) in [7, 11) is 0. The van der Waals surface area contributed by atoms with Crippen molar-refractivity contribution in [2.45, 2.75) is 31.3 Å². The zero-order valence-corrected chi connectivity index (χ0v) is 10.9. The molecule has 0 bridgehead atoms. The third-order valence-electron chi connectivity index (χ3n) is 3.92. The summed E-state index contributed by atoms with van der Waals surface area (Å²) in [6.45, 7) is 0. The third kappa shape index (κ3) is 2.31. The molecule has 0 saturated carbocycles. The fourth-order valence-corrected chi connectivity index (χ4v) is 2.89. The second-order valence-corrected chi connectivity index (χ2v) is 5.19. The van der Waals surface area contributed by atoms with Crippen molar-refractivity contribution >= 4 is 0 Å². The first kappa shape index (κ1) is 13.2. The monoisotopic (exact) mass is 275 g/mol. The van der Waals surface area contributed by atoms with E-state index in [-0.39, 0.29) is 5.92 Å². The van der Waals surface area contributed by atoms with Gasteiger partial charge in [-0.3, -0.25) is 4.98 Å². The van der Waals surface area contributed by atoms with Crippen LogP contribution in [0.4, 0.5) is 8.78 Å². The van der Waals surface area contributed by atoms with Crippen LogP contribution in [0.2, 0.25) is 0 Å². The molecule has 1 N–H and O–H groups in total. The Hall–Kier alpha value is -1.81. The number of aliphatic hydroxyl groups is 1. The Kier molecular flexibility index (Phi) is 3.49. The minimum Gasteiger partial charge on any atom is -0.387 e. The second kappa shape index (κ2) is 5.29. The number of pyridine rings is 1. The van der Waals surface area contributed by atoms with E-state index in [0.29, 0.717) is 30.5 Å². The molecule has 0 aliphatic heterocycles. The quantitative estimate of drug-likeness (QED) is 0.808. The summed E-state index contributed by atoms with van der Waals surface area (Å²) in [5.41, 5.74) is 1.95. The largest absolute Gasteiger partial charge is 0.387 e. The lowest BCUT2D eigenvalue weighted by Gasteiger charge is -2.16. The SMILES string of the molecule is OC1CCC(c2cccc(F)c2F)Cc2cccnc21. The van der Waals surface area contributed by atoms with Gasteiger partial charge in [0.25, 0.3) is 0 Å². The van der Waals surface area contributed by atoms with Gasteiger partial charge in [-0.1, -0.05) is 18.2 Å². The number of hydrogen-bond acceptors (Lipinski definition) is 2. The van der Waals surface area contributed by atoms with E-state index in [4.69, 9.17) is 0 Å². The zero-order valence-electron chi connectivity index (χ0n) is 10.9. The molecule has 1 aromatic carbocycles. The van der Waals surface area contributed by atoms with Crippen LogP contribution in [0.15, 0.2) is 36.5 Å². The van der Waals surface area contributed by atoms with Crippen molar-refractivity contribution in [2.24, 2.45) is 0 Å². The summed E-state index contributed by atoms with van der Waals surface area (Å²) < 4.78 is 27.3. The van der Waals surface area contributed by atoms with Crippen LogP contribution in [0.1, 0.15) is 41.7 Å². The summed E-state index contributed by atoms with van der Waals surface area (Å²) in [6.07, 6.45) is 2.70. The maximum absolute atomic E-state index is 13.9. The molecular weight excluding hydrogens is 260 g/mol. The highest BCUT2D eigenvalue weighted by molar-refractivity contribution is 5.30. The number of fused-ring (bicyclic) bond motifs is 1. The highest BCUT2D eigenvalue weighted by Crippen LogP contribution is 2.36. The van der Waals surface area contributed by atoms with Crippen LogP contribution in [0, 0.1) is 11.6 Å². The maximum atomic E-state index is 13.9. The molecule has 2 aromatic rings. The summed E-state index contributed by atoms with van der Waals surface area (Å²) in [5, 5.41) is 10.1. The first-order valence-corrected chi connectivity index (χ1v) is 6.72. The predicted molar refractivity (Wildman–Crippen MR) is 71.2 cm³/mol. The molecule has 0 spiro atoms. The molecule has 104 valence electrons. The average Bonchev–Trinajstić information content (AvgIpc) is 2.62. The van der Waals surface area contributed by atoms with E-state index in [1.165, 1.54) is 6.07 Å². The molecule has 1 aliphatic carbocycles. The van der Waals surface area contributed by atoms with E-state index in [1.807, 2.05) is 6.07 Å². The molecule has 2 nitrogen and oxygen atoms in total. The van der Waals surface area contributed by atoms with E-state index in [2.05, 4.69) is 4.98 Å². The Morgan fingerprint density at radius 2 is 1.95 bits per heavy atom. The third-order valence-corrected chi connectivity index (χ3v) is 3.92. The molecule has 20 heavy (non-hydrogen) atoms. The van der Waals surface area contributed by atoms with Crippen molar-refractivity contribution < 1.29 is 13.9 Å². The normalized spacial score (nSPS) is 22.1. The molecule has 4 heteroatoms. The van der Waals surface area contributed by atoms with Gasteiger partial charge in [0.2, 0.25) is 0 Å². The van der Waals surface area contributed by atoms with Gasteiger partial charge in [0.15, 0.2) is 11.6 Å². The number of halogens is 2. The predicted octanol–water partition coefficient (Wildman–Crippen LogP) is 3.51. The van der Waals surface area contributed by atoms with E-state index in [1.54, 1.807) is 18.3 Å². The molecule has 3 rings (SSSR count). The van der Waals surface area contributed by atoms with Gasteiger partial charge in [0.1, 0.15) is 0 Å². The Balaban J connectivity index is 1.99. The number of aromatic nitrogens is 1. The first-order chi connectivity index (χ1) is 9.66. The molecule has 0 radical (unpaired) electrons. The van der Waals surface area contributed by atoms with Gasteiger partial charge in [0.05, 0.1) is 11.8 Å². The fourth-order valence-electron chi connectivity index (χ4n) is 2.89. The van der Waals surface area contributed by atoms with Crippen LogP contribution in [0.5, 0.6) is 0 Å². The van der Waals surface area contributed by atoms with Gasteiger partial charge < -0.3 is 5.11 Å². The Morgan fingerprint density at radius 1 is 1.10 bits per heavy atom. The van der Waals surface area contributed by atoms with Crippen LogP contribution in [-0.2, 0) is 6.42 Å². The molecule has 1 aliphatic rings. The molecular formula is C16H15F2NO. The van der Waals surface area contributed by atoms with Crippen molar-refractivity contribution in [2.75, 3.05) is 0 Å². The van der Waals surface area contributed by atoms with Crippen molar-refractivity contribution in [3.8, 4) is 0 Å². The molecule has 1 aromatic heterocycles. The van der Waals surface area contributed by atoms with Crippen LogP contribution >= 0.6 is 0 Å². The number of hydrogen-bond donors (Lipinski definition) is 1. The lowest BCUT2D eigenvalue weighted by Crippen LogP contribution is -2.06. The van der Waals surface area contributed by atoms with Gasteiger partial charge in [-0.15, -0.1) is 0 Å². The fraction of sp³-hybridized carbons (Fsp3) is 0.312. The Bertz CT molecular complexity index is 630. The summed E-state index contributed by atoms with van der Waals surface area (Å²) in [4.78, 5) is 4.21. The van der Waals surface area contributed by atoms with E-state index in [9.17, 15) is 13.9 Å². The lowest BCUT2D eigenvalue weighted by molar-refractivity contribution is 0.160. The number of rotatable bonds is 1. The van der Waals surface area contributed by atoms with Crippen molar-refractivity contribution in [3.05, 3.63) is 65.0 Å². The van der Waals surface area contributed by atoms with Gasteiger partial charge in [0, 0.05) is 6.20 Å². The first-order valence-electron chi connectivity index (χ1n) is 6.72. The summed E-state index contributed by atoms with van der Waals surface area (Å²) in [5.74, 6) is -1.73. The number of benzene rings is 1. The number of aliphatic hydroxyl groups excluding tert-OH is 1. The van der Waals surface area contributed by atoms with Gasteiger partial charge in [-0.05, 0) is 48.4 Å². The van der Waals surface area contributed by atoms with Crippen molar-refractivity contribution in [1.82, 2.24) is 4.98 Å². The maximum Gasteiger partial charge on any atom is 0.162 e. The van der Waals surface area contributed by atoms with Gasteiger partial charge >= 0.3 is 0 Å². The van der Waals surface area contributed by atoms with Gasteiger partial charge in [-0.25, -0.2) is 8.78 Å². The molecule has 0 amide bonds. The van der Waals surface area contributed by atoms with Gasteiger partial charge in [-0.2, -0.15) is 0 Å². The minimum atomic E-state index is -0.821. The highest BCUT2D eigenvalue weighted by atomic mass is 19.2. The topological polar surface area (TPSA) is 33.1 Å².